The van der Waals surface area contributed by atoms with Crippen LogP contribution in [0.3, 0.4) is 0 Å². The van der Waals surface area contributed by atoms with Crippen molar-refractivity contribution in [2.75, 3.05) is 20.8 Å². The maximum absolute atomic E-state index is 13.5. The molecule has 0 atom stereocenters. The molecule has 0 aromatic heterocycles. The molecule has 0 saturated heterocycles. The van der Waals surface area contributed by atoms with Gasteiger partial charge in [0.05, 0.1) is 31.9 Å². The second-order valence-electron chi connectivity index (χ2n) is 7.09. The third-order valence-corrected chi connectivity index (χ3v) is 7.32. The number of methoxy groups -OCH3 is 2. The molecule has 3 aromatic carbocycles. The summed E-state index contributed by atoms with van der Waals surface area (Å²) in [6.07, 6.45) is 1.48. The molecular weight excluding hydrogens is 522 g/mol. The van der Waals surface area contributed by atoms with Gasteiger partial charge in [-0.3, -0.25) is 4.79 Å². The number of hydrogen-bond donors (Lipinski definition) is 1. The van der Waals surface area contributed by atoms with E-state index in [0.29, 0.717) is 5.75 Å². The predicted molar refractivity (Wildman–Crippen MR) is 133 cm³/mol. The number of sulfonamides is 1. The molecule has 34 heavy (non-hydrogen) atoms. The zero-order valence-corrected chi connectivity index (χ0v) is 21.0. The normalized spacial score (nSPS) is 11.5. The average Bonchev–Trinajstić information content (AvgIpc) is 2.85. The number of amides is 1. The van der Waals surface area contributed by atoms with Crippen LogP contribution < -0.4 is 14.9 Å². The maximum atomic E-state index is 13.5. The van der Waals surface area contributed by atoms with Crippen LogP contribution in [0.4, 0.5) is 0 Å². The Morgan fingerprint density at radius 1 is 1.00 bits per heavy atom. The summed E-state index contributed by atoms with van der Waals surface area (Å²) in [7, 11) is -1.17. The SMILES string of the molecule is COc1ccc(S(=O)(=O)N(CC(=O)N/N=C\c2ccccc2Br)Cc2ccccc2)cc1OC. The molecule has 0 aliphatic heterocycles. The van der Waals surface area contributed by atoms with Crippen molar-refractivity contribution >= 4 is 38.1 Å². The second-order valence-corrected chi connectivity index (χ2v) is 9.88. The van der Waals surface area contributed by atoms with Crippen molar-refractivity contribution < 1.29 is 22.7 Å². The van der Waals surface area contributed by atoms with E-state index in [0.717, 1.165) is 19.9 Å². The van der Waals surface area contributed by atoms with Gasteiger partial charge in [0.15, 0.2) is 11.5 Å². The van der Waals surface area contributed by atoms with Crippen LogP contribution >= 0.6 is 15.9 Å². The third kappa shape index (κ3) is 6.43. The first-order valence-corrected chi connectivity index (χ1v) is 12.4. The minimum absolute atomic E-state index is 0.00111. The zero-order chi connectivity index (χ0) is 24.6. The number of nitrogens with zero attached hydrogens (tertiary/aromatic N) is 2. The Hall–Kier alpha value is -3.21. The van der Waals surface area contributed by atoms with E-state index >= 15 is 0 Å². The Labute approximate surface area is 207 Å². The number of ether oxygens (including phenoxy) is 2. The highest BCUT2D eigenvalue weighted by atomic mass is 79.9. The molecule has 178 valence electrons. The summed E-state index contributed by atoms with van der Waals surface area (Å²) in [5, 5.41) is 3.95. The number of rotatable bonds is 10. The number of benzene rings is 3. The molecule has 1 amide bonds. The smallest absolute Gasteiger partial charge is 0.255 e. The van der Waals surface area contributed by atoms with Crippen molar-refractivity contribution in [3.05, 3.63) is 88.4 Å². The number of hydrazone groups is 1. The maximum Gasteiger partial charge on any atom is 0.255 e. The first kappa shape index (κ1) is 25.4. The monoisotopic (exact) mass is 545 g/mol. The Balaban J connectivity index is 1.84. The van der Waals surface area contributed by atoms with Crippen LogP contribution in [0.2, 0.25) is 0 Å². The van der Waals surface area contributed by atoms with E-state index < -0.39 is 22.5 Å². The molecule has 0 radical (unpaired) electrons. The van der Waals surface area contributed by atoms with Crippen molar-refractivity contribution in [3.8, 4) is 11.5 Å². The Morgan fingerprint density at radius 3 is 2.35 bits per heavy atom. The van der Waals surface area contributed by atoms with Gasteiger partial charge in [0.25, 0.3) is 5.91 Å². The molecule has 10 heteroatoms. The van der Waals surface area contributed by atoms with Gasteiger partial charge in [0.1, 0.15) is 0 Å². The molecule has 0 fully saturated rings. The van der Waals surface area contributed by atoms with Crippen LogP contribution in [0.25, 0.3) is 0 Å². The predicted octanol–water partition coefficient (Wildman–Crippen LogP) is 3.81. The van der Waals surface area contributed by atoms with Gasteiger partial charge in [-0.15, -0.1) is 0 Å². The van der Waals surface area contributed by atoms with Gasteiger partial charge >= 0.3 is 0 Å². The van der Waals surface area contributed by atoms with E-state index in [1.807, 2.05) is 30.3 Å². The standard InChI is InChI=1S/C24H24BrN3O5S/c1-32-22-13-12-20(14-23(22)33-2)34(30,31)28(16-18-8-4-3-5-9-18)17-24(29)27-26-15-19-10-6-7-11-21(19)25/h3-15H,16-17H2,1-2H3,(H,27,29)/b26-15-. The van der Waals surface area contributed by atoms with Crippen LogP contribution in [-0.2, 0) is 21.4 Å². The highest BCUT2D eigenvalue weighted by Crippen LogP contribution is 2.31. The molecule has 0 heterocycles. The van der Waals surface area contributed by atoms with E-state index in [1.165, 1.54) is 38.6 Å². The summed E-state index contributed by atoms with van der Waals surface area (Å²) in [5.41, 5.74) is 3.90. The van der Waals surface area contributed by atoms with Gasteiger partial charge in [-0.05, 0) is 23.8 Å². The third-order valence-electron chi connectivity index (χ3n) is 4.81. The van der Waals surface area contributed by atoms with Gasteiger partial charge < -0.3 is 9.47 Å². The topological polar surface area (TPSA) is 97.3 Å². The van der Waals surface area contributed by atoms with E-state index in [-0.39, 0.29) is 17.2 Å². The van der Waals surface area contributed by atoms with E-state index in [1.54, 1.807) is 24.3 Å². The lowest BCUT2D eigenvalue weighted by Crippen LogP contribution is -2.39. The summed E-state index contributed by atoms with van der Waals surface area (Å²) < 4.78 is 39.3. The zero-order valence-electron chi connectivity index (χ0n) is 18.6. The van der Waals surface area contributed by atoms with E-state index in [2.05, 4.69) is 26.5 Å². The average molecular weight is 546 g/mol. The van der Waals surface area contributed by atoms with Gasteiger partial charge in [-0.1, -0.05) is 64.5 Å². The molecule has 0 bridgehead atoms. The quantitative estimate of drug-likeness (QED) is 0.308. The number of carbonyl (C=O) groups excluding carboxylic acids is 1. The first-order valence-electron chi connectivity index (χ1n) is 10.2. The molecule has 3 rings (SSSR count). The van der Waals surface area contributed by atoms with E-state index in [9.17, 15) is 13.2 Å². The largest absolute Gasteiger partial charge is 0.493 e. The summed E-state index contributed by atoms with van der Waals surface area (Å²) in [6.45, 7) is -0.433. The van der Waals surface area contributed by atoms with Crippen LogP contribution in [-0.4, -0.2) is 45.6 Å². The molecule has 0 spiro atoms. The van der Waals surface area contributed by atoms with Crippen molar-refractivity contribution in [2.45, 2.75) is 11.4 Å². The highest BCUT2D eigenvalue weighted by molar-refractivity contribution is 9.10. The molecule has 3 aromatic rings. The highest BCUT2D eigenvalue weighted by Gasteiger charge is 2.28. The molecule has 0 aliphatic carbocycles. The van der Waals surface area contributed by atoms with Crippen molar-refractivity contribution in [2.24, 2.45) is 5.10 Å². The number of hydrogen-bond acceptors (Lipinski definition) is 6. The summed E-state index contributed by atoms with van der Waals surface area (Å²) >= 11 is 3.40. The lowest BCUT2D eigenvalue weighted by Gasteiger charge is -2.22. The molecular formula is C24H24BrN3O5S. The van der Waals surface area contributed by atoms with Crippen LogP contribution in [0.15, 0.2) is 87.3 Å². The summed E-state index contributed by atoms with van der Waals surface area (Å²) in [4.78, 5) is 12.6. The van der Waals surface area contributed by atoms with Gasteiger partial charge in [-0.25, -0.2) is 13.8 Å². The fourth-order valence-corrected chi connectivity index (χ4v) is 4.88. The van der Waals surface area contributed by atoms with Crippen molar-refractivity contribution in [1.29, 1.82) is 0 Å². The lowest BCUT2D eigenvalue weighted by atomic mass is 10.2. The molecule has 0 aliphatic rings. The van der Waals surface area contributed by atoms with Gasteiger partial charge in [0.2, 0.25) is 10.0 Å². The fourth-order valence-electron chi connectivity index (χ4n) is 3.09. The molecule has 0 unspecified atom stereocenters. The van der Waals surface area contributed by atoms with Crippen LogP contribution in [0.1, 0.15) is 11.1 Å². The molecule has 0 saturated carbocycles. The second kappa shape index (κ2) is 11.8. The van der Waals surface area contributed by atoms with Crippen molar-refractivity contribution in [3.63, 3.8) is 0 Å². The Bertz CT molecular complexity index is 1270. The van der Waals surface area contributed by atoms with Gasteiger partial charge in [-0.2, -0.15) is 9.41 Å². The molecule has 8 nitrogen and oxygen atoms in total. The number of carbonyl (C=O) groups is 1. The Kier molecular flexibility index (Phi) is 8.80. The fraction of sp³-hybridized carbons (Fsp3) is 0.167. The first-order chi connectivity index (χ1) is 16.3. The van der Waals surface area contributed by atoms with E-state index in [4.69, 9.17) is 9.47 Å². The molecule has 1 N–H and O–H groups in total. The van der Waals surface area contributed by atoms with Gasteiger partial charge in [0, 0.05) is 22.6 Å². The minimum atomic E-state index is -4.06. The van der Waals surface area contributed by atoms with Crippen molar-refractivity contribution in [1.82, 2.24) is 9.73 Å². The van der Waals surface area contributed by atoms with Crippen LogP contribution in [0, 0.1) is 0 Å². The number of halogens is 1. The lowest BCUT2D eigenvalue weighted by molar-refractivity contribution is -0.121. The number of nitrogens with one attached hydrogen (secondary N) is 1. The Morgan fingerprint density at radius 2 is 1.68 bits per heavy atom. The van der Waals surface area contributed by atoms with Crippen LogP contribution in [0.5, 0.6) is 11.5 Å². The summed E-state index contributed by atoms with van der Waals surface area (Å²) in [5.74, 6) is 0.0872. The minimum Gasteiger partial charge on any atom is -0.493 e. The summed E-state index contributed by atoms with van der Waals surface area (Å²) in [6, 6.07) is 20.7.